The van der Waals surface area contributed by atoms with E-state index in [1.807, 2.05) is 73.0 Å². The maximum Gasteiger partial charge on any atom is 0.257 e. The Balaban J connectivity index is 0.953. The van der Waals surface area contributed by atoms with Crippen molar-refractivity contribution in [2.45, 2.75) is 46.6 Å². The number of benzene rings is 2. The van der Waals surface area contributed by atoms with Crippen molar-refractivity contribution >= 4 is 34.0 Å². The third-order valence-electron chi connectivity index (χ3n) is 9.38. The first-order chi connectivity index (χ1) is 24.2. The second-order valence-electron chi connectivity index (χ2n) is 13.2. The lowest BCUT2D eigenvalue weighted by atomic mass is 9.98. The number of rotatable bonds is 10. The van der Waals surface area contributed by atoms with Crippen LogP contribution in [0.2, 0.25) is 0 Å². The van der Waals surface area contributed by atoms with Crippen LogP contribution in [-0.2, 0) is 9.59 Å². The fraction of sp³-hybridized carbons (Fsp3) is 0.368. The van der Waals surface area contributed by atoms with Gasteiger partial charge in [0.05, 0.1) is 24.1 Å². The van der Waals surface area contributed by atoms with Gasteiger partial charge in [0.15, 0.2) is 5.82 Å². The average Bonchev–Trinajstić information content (AvgIpc) is 3.89. The second kappa shape index (κ2) is 14.2. The minimum Gasteiger partial charge on any atom is -0.475 e. The summed E-state index contributed by atoms with van der Waals surface area (Å²) in [7, 11) is 0. The van der Waals surface area contributed by atoms with Gasteiger partial charge < -0.3 is 19.1 Å². The molecule has 1 fully saturated rings. The number of H-pyrrole nitrogens is 1. The molecule has 12 nitrogen and oxygen atoms in total. The minimum absolute atomic E-state index is 0.0404. The van der Waals surface area contributed by atoms with Gasteiger partial charge >= 0.3 is 0 Å². The fourth-order valence-electron chi connectivity index (χ4n) is 6.78. The zero-order chi connectivity index (χ0) is 34.8. The molecule has 1 atom stereocenters. The Morgan fingerprint density at radius 1 is 1.06 bits per heavy atom. The van der Waals surface area contributed by atoms with E-state index < -0.39 is 0 Å². The fourth-order valence-corrected chi connectivity index (χ4v) is 6.78. The third-order valence-corrected chi connectivity index (χ3v) is 9.38. The van der Waals surface area contributed by atoms with Crippen LogP contribution < -0.4 is 9.64 Å². The van der Waals surface area contributed by atoms with Gasteiger partial charge in [0.2, 0.25) is 17.7 Å². The van der Waals surface area contributed by atoms with Crippen molar-refractivity contribution in [1.29, 1.82) is 0 Å². The van der Waals surface area contributed by atoms with Gasteiger partial charge in [0.1, 0.15) is 5.69 Å². The molecule has 5 heterocycles. The third kappa shape index (κ3) is 7.02. The Kier molecular flexibility index (Phi) is 9.44. The number of likely N-dealkylation sites (tertiary alicyclic amines) is 1. The highest BCUT2D eigenvalue weighted by molar-refractivity contribution is 6.00. The topological polar surface area (TPSA) is 134 Å². The number of nitrogens with zero attached hydrogens (tertiary/aromatic N) is 7. The summed E-state index contributed by atoms with van der Waals surface area (Å²) in [6.45, 7) is 11.1. The van der Waals surface area contributed by atoms with Crippen molar-refractivity contribution in [2.75, 3.05) is 44.2 Å². The zero-order valence-corrected chi connectivity index (χ0v) is 28.9. The average molecular weight is 675 g/mol. The molecule has 3 aromatic heterocycles. The standard InChI is InChI=1S/C38H42N8O4/c1-5-46(31-11-12-33-32(20-31)36(42-41-33)29-10-13-34(39-21-29)49-24(2)3)38(48)30-14-17-44(22-30)23-35(47)45-18-15-27(16-19-45)26-6-8-28(9-7-26)37-40-25(4)43-50-37/h6-13,15,20-21,24,30H,5,14,16-19,22-23H2,1-4H3,(H,41,42). The number of aromatic nitrogens is 5. The maximum atomic E-state index is 13.9. The summed E-state index contributed by atoms with van der Waals surface area (Å²) in [5.74, 6) is 1.68. The number of aryl methyl sites for hydroxylation is 1. The van der Waals surface area contributed by atoms with E-state index in [-0.39, 0.29) is 23.8 Å². The van der Waals surface area contributed by atoms with E-state index in [1.165, 1.54) is 5.57 Å². The molecule has 0 bridgehead atoms. The van der Waals surface area contributed by atoms with Crippen molar-refractivity contribution in [3.8, 4) is 28.6 Å². The van der Waals surface area contributed by atoms with E-state index in [0.717, 1.165) is 58.4 Å². The molecule has 1 N–H and O–H groups in total. The predicted molar refractivity (Wildman–Crippen MR) is 191 cm³/mol. The van der Waals surface area contributed by atoms with Gasteiger partial charge in [-0.3, -0.25) is 19.6 Å². The zero-order valence-electron chi connectivity index (χ0n) is 28.9. The van der Waals surface area contributed by atoms with E-state index in [1.54, 1.807) is 13.1 Å². The first kappa shape index (κ1) is 33.2. The number of aromatic amines is 1. The highest BCUT2D eigenvalue weighted by Crippen LogP contribution is 2.32. The molecule has 2 aromatic carbocycles. The molecule has 12 heteroatoms. The van der Waals surface area contributed by atoms with E-state index in [2.05, 4.69) is 48.4 Å². The quantitative estimate of drug-likeness (QED) is 0.196. The number of anilines is 1. The first-order valence-corrected chi connectivity index (χ1v) is 17.3. The van der Waals surface area contributed by atoms with Gasteiger partial charge in [-0.05, 0) is 94.6 Å². The van der Waals surface area contributed by atoms with Crippen LogP contribution in [0.1, 0.15) is 45.0 Å². The largest absolute Gasteiger partial charge is 0.475 e. The minimum atomic E-state index is -0.174. The summed E-state index contributed by atoms with van der Waals surface area (Å²) >= 11 is 0. The Morgan fingerprint density at radius 3 is 2.54 bits per heavy atom. The highest BCUT2D eigenvalue weighted by Gasteiger charge is 2.33. The monoisotopic (exact) mass is 674 g/mol. The second-order valence-corrected chi connectivity index (χ2v) is 13.2. The molecule has 0 radical (unpaired) electrons. The number of carbonyl (C=O) groups is 2. The van der Waals surface area contributed by atoms with Gasteiger partial charge in [0, 0.05) is 60.6 Å². The van der Waals surface area contributed by atoms with Crippen molar-refractivity contribution in [2.24, 2.45) is 5.92 Å². The lowest BCUT2D eigenvalue weighted by molar-refractivity contribution is -0.132. The SMILES string of the molecule is CCN(C(=O)C1CCN(CC(=O)N2CC=C(c3ccc(-c4nc(C)no4)cc3)CC2)C1)c1ccc2[nH]nc(-c3ccc(OC(C)C)nc3)c2c1. The van der Waals surface area contributed by atoms with Crippen LogP contribution in [0.3, 0.4) is 0 Å². The summed E-state index contributed by atoms with van der Waals surface area (Å²) in [5, 5.41) is 12.4. The van der Waals surface area contributed by atoms with E-state index in [4.69, 9.17) is 9.26 Å². The van der Waals surface area contributed by atoms with Crippen LogP contribution in [0.4, 0.5) is 5.69 Å². The molecule has 0 saturated carbocycles. The smallest absolute Gasteiger partial charge is 0.257 e. The molecular weight excluding hydrogens is 632 g/mol. The first-order valence-electron chi connectivity index (χ1n) is 17.3. The Bertz CT molecular complexity index is 2010. The summed E-state index contributed by atoms with van der Waals surface area (Å²) in [6, 6.07) is 17.8. The molecule has 258 valence electrons. The number of nitrogens with one attached hydrogen (secondary N) is 1. The van der Waals surface area contributed by atoms with E-state index in [9.17, 15) is 9.59 Å². The van der Waals surface area contributed by atoms with Gasteiger partial charge in [-0.15, -0.1) is 0 Å². The van der Waals surface area contributed by atoms with Crippen molar-refractivity contribution in [3.63, 3.8) is 0 Å². The number of ether oxygens (including phenoxy) is 1. The van der Waals surface area contributed by atoms with Gasteiger partial charge in [-0.1, -0.05) is 23.4 Å². The molecule has 50 heavy (non-hydrogen) atoms. The normalized spacial score (nSPS) is 16.6. The molecule has 5 aromatic rings. The summed E-state index contributed by atoms with van der Waals surface area (Å²) < 4.78 is 11.0. The van der Waals surface area contributed by atoms with Gasteiger partial charge in [0.25, 0.3) is 5.89 Å². The molecule has 2 amide bonds. The number of fused-ring (bicyclic) bond motifs is 1. The molecule has 7 rings (SSSR count). The summed E-state index contributed by atoms with van der Waals surface area (Å²) in [6.07, 6.45) is 5.45. The van der Waals surface area contributed by atoms with Crippen LogP contribution in [-0.4, -0.2) is 92.3 Å². The molecule has 2 aliphatic rings. The van der Waals surface area contributed by atoms with Gasteiger partial charge in [-0.25, -0.2) is 4.98 Å². The molecule has 0 spiro atoms. The number of hydrogen-bond donors (Lipinski definition) is 1. The Hall–Kier alpha value is -5.36. The molecule has 2 aliphatic heterocycles. The number of hydrogen-bond acceptors (Lipinski definition) is 9. The van der Waals surface area contributed by atoms with Crippen LogP contribution >= 0.6 is 0 Å². The van der Waals surface area contributed by atoms with E-state index >= 15 is 0 Å². The number of pyridine rings is 1. The van der Waals surface area contributed by atoms with Crippen molar-refractivity contribution < 1.29 is 18.8 Å². The lowest BCUT2D eigenvalue weighted by Gasteiger charge is -2.29. The predicted octanol–water partition coefficient (Wildman–Crippen LogP) is 5.76. The van der Waals surface area contributed by atoms with Crippen LogP contribution in [0.5, 0.6) is 5.88 Å². The van der Waals surface area contributed by atoms with Crippen molar-refractivity contribution in [3.05, 3.63) is 78.3 Å². The summed E-state index contributed by atoms with van der Waals surface area (Å²) in [4.78, 5) is 41.8. The summed E-state index contributed by atoms with van der Waals surface area (Å²) in [5.41, 5.74) is 6.57. The molecular formula is C38H42N8O4. The van der Waals surface area contributed by atoms with Crippen LogP contribution in [0, 0.1) is 12.8 Å². The Morgan fingerprint density at radius 2 is 1.86 bits per heavy atom. The number of amides is 2. The van der Waals surface area contributed by atoms with Crippen LogP contribution in [0.15, 0.2) is 71.4 Å². The van der Waals surface area contributed by atoms with Gasteiger partial charge in [-0.2, -0.15) is 10.1 Å². The lowest BCUT2D eigenvalue weighted by Crippen LogP contribution is -2.42. The van der Waals surface area contributed by atoms with E-state index in [0.29, 0.717) is 50.3 Å². The van der Waals surface area contributed by atoms with Crippen LogP contribution in [0.25, 0.3) is 39.2 Å². The highest BCUT2D eigenvalue weighted by atomic mass is 16.5. The number of carbonyl (C=O) groups excluding carboxylic acids is 2. The maximum absolute atomic E-state index is 13.9. The molecule has 0 aliphatic carbocycles. The van der Waals surface area contributed by atoms with Crippen molar-refractivity contribution in [1.82, 2.24) is 35.1 Å². The Labute approximate surface area is 291 Å². The molecule has 1 saturated heterocycles. The molecule has 1 unspecified atom stereocenters.